The Morgan fingerprint density at radius 1 is 0.780 bits per heavy atom. The highest BCUT2D eigenvalue weighted by atomic mass is 19.1. The molecule has 0 aliphatic heterocycles. The van der Waals surface area contributed by atoms with E-state index >= 15 is 0 Å². The highest BCUT2D eigenvalue weighted by Crippen LogP contribution is 2.50. The van der Waals surface area contributed by atoms with Crippen LogP contribution in [0.15, 0.2) is 85.1 Å². The highest BCUT2D eigenvalue weighted by Gasteiger charge is 2.36. The molecule has 0 atom stereocenters. The van der Waals surface area contributed by atoms with Crippen molar-refractivity contribution >= 4 is 18.1 Å². The monoisotopic (exact) mass is 556 g/mol. The van der Waals surface area contributed by atoms with Gasteiger partial charge in [-0.1, -0.05) is 26.0 Å². The van der Waals surface area contributed by atoms with Crippen LogP contribution in [0.4, 0.5) is 8.78 Å². The van der Waals surface area contributed by atoms with Crippen LogP contribution in [0.2, 0.25) is 0 Å². The van der Waals surface area contributed by atoms with Crippen molar-refractivity contribution in [3.8, 4) is 34.1 Å². The highest BCUT2D eigenvalue weighted by molar-refractivity contribution is 5.89. The molecule has 0 saturated heterocycles. The van der Waals surface area contributed by atoms with Gasteiger partial charge in [0.1, 0.15) is 34.6 Å². The van der Waals surface area contributed by atoms with E-state index in [-0.39, 0.29) is 29.4 Å². The van der Waals surface area contributed by atoms with Gasteiger partial charge in [0, 0.05) is 34.8 Å². The number of carbonyl (C=O) groups excluding carboxylic acids is 1. The van der Waals surface area contributed by atoms with Crippen LogP contribution in [-0.4, -0.2) is 23.0 Å². The Kier molecular flexibility index (Phi) is 7.48. The summed E-state index contributed by atoms with van der Waals surface area (Å²) in [6, 6.07) is 18.6. The number of phenols is 2. The molecule has 208 valence electrons. The van der Waals surface area contributed by atoms with Crippen LogP contribution >= 0.6 is 0 Å². The maximum Gasteiger partial charge on any atom is 0.336 e. The predicted molar refractivity (Wildman–Crippen MR) is 150 cm³/mol. The Hall–Kier alpha value is -5.11. The Morgan fingerprint density at radius 3 is 1.95 bits per heavy atom. The first kappa shape index (κ1) is 27.5. The third-order valence-corrected chi connectivity index (χ3v) is 6.84. The number of aromatic hydroxyl groups is 2. The molecule has 6 nitrogen and oxygen atoms in total. The minimum absolute atomic E-state index is 0.0932. The van der Waals surface area contributed by atoms with Gasteiger partial charge >= 0.3 is 5.97 Å². The summed E-state index contributed by atoms with van der Waals surface area (Å²) in [5.74, 6) is -1.29. The molecule has 2 N–H and O–H groups in total. The molecule has 0 amide bonds. The van der Waals surface area contributed by atoms with Crippen molar-refractivity contribution in [2.24, 2.45) is 0 Å². The standard InChI is InChI=1S/C33H26F2O6/c1-33(2)28-17-24(40-19-39-14-13-21-4-7-23(37)16-31(21)35)8-10-26(28)27-11-9-25(18-29(27)33)41-32(38)12-5-20-3-6-22(36)15-30(20)34/h3-18,36-37H,19H2,1-2H3. The summed E-state index contributed by atoms with van der Waals surface area (Å²) in [6.45, 7) is 4.03. The van der Waals surface area contributed by atoms with E-state index in [0.29, 0.717) is 11.5 Å². The number of hydrogen-bond acceptors (Lipinski definition) is 6. The lowest BCUT2D eigenvalue weighted by molar-refractivity contribution is -0.128. The van der Waals surface area contributed by atoms with E-state index in [9.17, 15) is 23.8 Å². The molecule has 8 heteroatoms. The molecule has 0 aromatic heterocycles. The van der Waals surface area contributed by atoms with E-state index in [4.69, 9.17) is 14.2 Å². The number of carbonyl (C=O) groups is 1. The van der Waals surface area contributed by atoms with Crippen LogP contribution in [0.1, 0.15) is 36.1 Å². The van der Waals surface area contributed by atoms with Gasteiger partial charge in [0.05, 0.1) is 6.26 Å². The molecule has 0 heterocycles. The molecule has 41 heavy (non-hydrogen) atoms. The van der Waals surface area contributed by atoms with E-state index in [0.717, 1.165) is 40.5 Å². The molecule has 0 saturated carbocycles. The SMILES string of the molecule is CC1(C)c2cc(OCOC=Cc3ccc(O)cc3F)ccc2-c2ccc(OC(=O)C=Cc3ccc(O)cc3F)cc21. The number of hydrogen-bond donors (Lipinski definition) is 2. The summed E-state index contributed by atoms with van der Waals surface area (Å²) >= 11 is 0. The Labute approximate surface area is 235 Å². The lowest BCUT2D eigenvalue weighted by atomic mass is 9.82. The number of phenolic OH excluding ortho intramolecular Hbond substituents is 2. The second kappa shape index (κ2) is 11.2. The van der Waals surface area contributed by atoms with Crippen molar-refractivity contribution in [3.63, 3.8) is 0 Å². The maximum atomic E-state index is 13.9. The molecule has 0 radical (unpaired) electrons. The fraction of sp³-hybridized carbons (Fsp3) is 0.121. The molecule has 0 bridgehead atoms. The van der Waals surface area contributed by atoms with Gasteiger partial charge < -0.3 is 24.4 Å². The van der Waals surface area contributed by atoms with Crippen molar-refractivity contribution in [2.75, 3.05) is 6.79 Å². The van der Waals surface area contributed by atoms with E-state index in [2.05, 4.69) is 13.8 Å². The molecule has 0 fully saturated rings. The number of halogens is 2. The molecule has 4 aromatic carbocycles. The predicted octanol–water partition coefficient (Wildman–Crippen LogP) is 7.32. The third kappa shape index (κ3) is 5.91. The number of benzene rings is 4. The van der Waals surface area contributed by atoms with Gasteiger partial charge in [-0.25, -0.2) is 13.6 Å². The molecule has 4 aromatic rings. The van der Waals surface area contributed by atoms with E-state index in [1.54, 1.807) is 6.07 Å². The van der Waals surface area contributed by atoms with Crippen molar-refractivity contribution in [1.82, 2.24) is 0 Å². The average molecular weight is 557 g/mol. The van der Waals surface area contributed by atoms with Gasteiger partial charge in [-0.15, -0.1) is 0 Å². The second-order valence-electron chi connectivity index (χ2n) is 9.94. The summed E-state index contributed by atoms with van der Waals surface area (Å²) in [4.78, 5) is 12.4. The number of rotatable bonds is 8. The number of ether oxygens (including phenoxy) is 3. The van der Waals surface area contributed by atoms with Crippen LogP contribution in [0, 0.1) is 11.6 Å². The topological polar surface area (TPSA) is 85.2 Å². The van der Waals surface area contributed by atoms with E-state index in [1.807, 2.05) is 30.3 Å². The van der Waals surface area contributed by atoms with E-state index < -0.39 is 23.0 Å². The first-order chi connectivity index (χ1) is 19.6. The minimum Gasteiger partial charge on any atom is -0.508 e. The molecule has 0 unspecified atom stereocenters. The van der Waals surface area contributed by atoms with Crippen LogP contribution < -0.4 is 9.47 Å². The normalized spacial score (nSPS) is 13.3. The van der Waals surface area contributed by atoms with Crippen molar-refractivity contribution < 1.29 is 38.0 Å². The lowest BCUT2D eigenvalue weighted by Crippen LogP contribution is -2.15. The number of fused-ring (bicyclic) bond motifs is 3. The number of esters is 1. The van der Waals surface area contributed by atoms with Crippen molar-refractivity contribution in [2.45, 2.75) is 19.3 Å². The minimum atomic E-state index is -0.663. The molecule has 5 rings (SSSR count). The van der Waals surface area contributed by atoms with Gasteiger partial charge in [-0.05, 0) is 82.9 Å². The summed E-state index contributed by atoms with van der Waals surface area (Å²) in [5, 5.41) is 18.6. The zero-order valence-electron chi connectivity index (χ0n) is 22.2. The smallest absolute Gasteiger partial charge is 0.336 e. The fourth-order valence-electron chi connectivity index (χ4n) is 4.72. The van der Waals surface area contributed by atoms with Crippen molar-refractivity contribution in [3.05, 3.63) is 119 Å². The van der Waals surface area contributed by atoms with Crippen LogP contribution in [-0.2, 0) is 14.9 Å². The maximum absolute atomic E-state index is 13.9. The van der Waals surface area contributed by atoms with Gasteiger partial charge in [-0.3, -0.25) is 0 Å². The Balaban J connectivity index is 1.24. The molecule has 1 aliphatic rings. The van der Waals surface area contributed by atoms with Gasteiger partial charge in [0.2, 0.25) is 6.79 Å². The van der Waals surface area contributed by atoms with Gasteiger partial charge in [0.25, 0.3) is 0 Å². The first-order valence-electron chi connectivity index (χ1n) is 12.7. The van der Waals surface area contributed by atoms with Crippen LogP contribution in [0.25, 0.3) is 23.3 Å². The van der Waals surface area contributed by atoms with Crippen LogP contribution in [0.5, 0.6) is 23.0 Å². The largest absolute Gasteiger partial charge is 0.508 e. The molecular weight excluding hydrogens is 530 g/mol. The molecule has 1 aliphatic carbocycles. The lowest BCUT2D eigenvalue weighted by Gasteiger charge is -2.22. The second-order valence-corrected chi connectivity index (χ2v) is 9.94. The Bertz CT molecular complexity index is 1690. The molecular formula is C33H26F2O6. The zero-order valence-corrected chi connectivity index (χ0v) is 22.2. The van der Waals surface area contributed by atoms with E-state index in [1.165, 1.54) is 42.7 Å². The van der Waals surface area contributed by atoms with Gasteiger partial charge in [-0.2, -0.15) is 0 Å². The summed E-state index contributed by atoms with van der Waals surface area (Å²) in [7, 11) is 0. The average Bonchev–Trinajstić information content (AvgIpc) is 3.15. The summed E-state index contributed by atoms with van der Waals surface area (Å²) in [5.41, 5.74) is 4.03. The van der Waals surface area contributed by atoms with Gasteiger partial charge in [0.15, 0.2) is 0 Å². The first-order valence-corrected chi connectivity index (χ1v) is 12.7. The van der Waals surface area contributed by atoms with Crippen LogP contribution in [0.3, 0.4) is 0 Å². The quantitative estimate of drug-likeness (QED) is 0.0591. The zero-order chi connectivity index (χ0) is 29.1. The summed E-state index contributed by atoms with van der Waals surface area (Å²) in [6.07, 6.45) is 5.18. The third-order valence-electron chi connectivity index (χ3n) is 6.84. The fourth-order valence-corrected chi connectivity index (χ4v) is 4.72. The molecule has 0 spiro atoms. The summed E-state index contributed by atoms with van der Waals surface area (Å²) < 4.78 is 44.3. The Morgan fingerprint density at radius 2 is 1.34 bits per heavy atom. The van der Waals surface area contributed by atoms with Crippen molar-refractivity contribution in [1.29, 1.82) is 0 Å².